The zero-order chi connectivity index (χ0) is 16.8. The van der Waals surface area contributed by atoms with Crippen molar-refractivity contribution in [1.82, 2.24) is 4.90 Å². The van der Waals surface area contributed by atoms with Crippen LogP contribution in [0.2, 0.25) is 0 Å². The second kappa shape index (κ2) is 5.70. The van der Waals surface area contributed by atoms with Gasteiger partial charge in [0, 0.05) is 30.3 Å². The van der Waals surface area contributed by atoms with Crippen LogP contribution in [0.4, 0.5) is 0 Å². The van der Waals surface area contributed by atoms with E-state index >= 15 is 0 Å². The summed E-state index contributed by atoms with van der Waals surface area (Å²) in [6, 6.07) is 4.94. The van der Waals surface area contributed by atoms with Crippen molar-refractivity contribution in [2.45, 2.75) is 59.5 Å². The molecular formula is C20H31NO2. The minimum Gasteiger partial charge on any atom is -0.496 e. The van der Waals surface area contributed by atoms with Gasteiger partial charge in [-0.1, -0.05) is 26.8 Å². The van der Waals surface area contributed by atoms with Crippen LogP contribution in [0.5, 0.6) is 11.5 Å². The molecule has 1 aliphatic heterocycles. The first-order chi connectivity index (χ1) is 10.8. The summed E-state index contributed by atoms with van der Waals surface area (Å²) in [5.41, 5.74) is 3.31. The lowest BCUT2D eigenvalue weighted by Gasteiger charge is -2.40. The van der Waals surface area contributed by atoms with Crippen molar-refractivity contribution in [2.75, 3.05) is 20.8 Å². The van der Waals surface area contributed by atoms with Gasteiger partial charge in [0.2, 0.25) is 0 Å². The van der Waals surface area contributed by atoms with Crippen LogP contribution < -0.4 is 9.47 Å². The van der Waals surface area contributed by atoms with Crippen LogP contribution in [-0.2, 0) is 6.54 Å². The Morgan fingerprint density at radius 3 is 2.52 bits per heavy atom. The predicted molar refractivity (Wildman–Crippen MR) is 94.2 cm³/mol. The molecular weight excluding hydrogens is 286 g/mol. The van der Waals surface area contributed by atoms with Gasteiger partial charge >= 0.3 is 0 Å². The van der Waals surface area contributed by atoms with Gasteiger partial charge in [-0.25, -0.2) is 0 Å². The molecule has 1 saturated heterocycles. The van der Waals surface area contributed by atoms with Gasteiger partial charge in [-0.2, -0.15) is 0 Å². The van der Waals surface area contributed by atoms with Crippen LogP contribution >= 0.6 is 0 Å². The molecule has 0 aromatic heterocycles. The first-order valence-electron chi connectivity index (χ1n) is 8.71. The molecule has 0 amide bonds. The number of hydrogen-bond donors (Lipinski definition) is 0. The van der Waals surface area contributed by atoms with Crippen molar-refractivity contribution < 1.29 is 9.47 Å². The first-order valence-corrected chi connectivity index (χ1v) is 8.71. The molecule has 1 saturated carbocycles. The maximum atomic E-state index is 5.70. The van der Waals surface area contributed by atoms with Crippen LogP contribution in [0, 0.1) is 17.8 Å². The molecule has 0 N–H and O–H groups in total. The van der Waals surface area contributed by atoms with Gasteiger partial charge in [0.25, 0.3) is 0 Å². The number of nitrogens with zero attached hydrogens (tertiary/aromatic N) is 1. The number of hydrogen-bond acceptors (Lipinski definition) is 3. The third-order valence-electron chi connectivity index (χ3n) is 5.76. The highest BCUT2D eigenvalue weighted by atomic mass is 16.5. The summed E-state index contributed by atoms with van der Waals surface area (Å²) in [5, 5.41) is 0. The van der Waals surface area contributed by atoms with Gasteiger partial charge in [0.05, 0.1) is 14.2 Å². The van der Waals surface area contributed by atoms with E-state index in [4.69, 9.17) is 9.47 Å². The fourth-order valence-electron chi connectivity index (χ4n) is 5.34. The summed E-state index contributed by atoms with van der Waals surface area (Å²) in [6.07, 6.45) is 3.99. The molecule has 2 bridgehead atoms. The number of rotatable bonds is 4. The summed E-state index contributed by atoms with van der Waals surface area (Å²) in [7, 11) is 3.48. The van der Waals surface area contributed by atoms with Gasteiger partial charge in [-0.15, -0.1) is 0 Å². The third kappa shape index (κ3) is 3.08. The normalized spacial score (nSPS) is 29.6. The average Bonchev–Trinajstić information content (AvgIpc) is 2.68. The molecule has 3 heteroatoms. The molecule has 23 heavy (non-hydrogen) atoms. The van der Waals surface area contributed by atoms with Crippen LogP contribution in [0.25, 0.3) is 0 Å². The quantitative estimate of drug-likeness (QED) is 0.821. The summed E-state index contributed by atoms with van der Waals surface area (Å²) in [4.78, 5) is 2.68. The predicted octanol–water partition coefficient (Wildman–Crippen LogP) is 4.41. The maximum absolute atomic E-state index is 5.70. The van der Waals surface area contributed by atoms with Crippen molar-refractivity contribution in [3.05, 3.63) is 23.3 Å². The van der Waals surface area contributed by atoms with Crippen LogP contribution in [0.1, 0.15) is 51.2 Å². The lowest BCUT2D eigenvalue weighted by Crippen LogP contribution is -2.34. The van der Waals surface area contributed by atoms with Crippen LogP contribution in [0.3, 0.4) is 0 Å². The molecule has 1 aromatic carbocycles. The van der Waals surface area contributed by atoms with E-state index in [1.165, 1.54) is 31.4 Å². The number of likely N-dealkylation sites (tertiary alicyclic amines) is 1. The van der Waals surface area contributed by atoms with Gasteiger partial charge in [0.15, 0.2) is 0 Å². The second-order valence-corrected chi connectivity index (χ2v) is 8.70. The molecule has 3 rings (SSSR count). The van der Waals surface area contributed by atoms with E-state index in [1.54, 1.807) is 14.2 Å². The van der Waals surface area contributed by atoms with E-state index in [0.717, 1.165) is 23.6 Å². The molecule has 0 unspecified atom stereocenters. The number of fused-ring (bicyclic) bond motifs is 2. The summed E-state index contributed by atoms with van der Waals surface area (Å²) in [5.74, 6) is 1.88. The zero-order valence-corrected chi connectivity index (χ0v) is 15.5. The minimum atomic E-state index is 0.465. The Bertz CT molecular complexity index is 596. The van der Waals surface area contributed by atoms with Crippen LogP contribution in [0.15, 0.2) is 12.1 Å². The summed E-state index contributed by atoms with van der Waals surface area (Å²) < 4.78 is 11.1. The van der Waals surface area contributed by atoms with E-state index in [-0.39, 0.29) is 0 Å². The Hall–Kier alpha value is -1.22. The Kier molecular flexibility index (Phi) is 4.12. The summed E-state index contributed by atoms with van der Waals surface area (Å²) >= 11 is 0. The number of ether oxygens (including phenoxy) is 2. The van der Waals surface area contributed by atoms with Crippen molar-refractivity contribution >= 4 is 0 Å². The molecule has 2 aliphatic rings. The van der Waals surface area contributed by atoms with Gasteiger partial charge in [0.1, 0.15) is 11.5 Å². The smallest absolute Gasteiger partial charge is 0.129 e. The van der Waals surface area contributed by atoms with E-state index in [0.29, 0.717) is 16.9 Å². The molecule has 0 spiro atoms. The lowest BCUT2D eigenvalue weighted by molar-refractivity contribution is 0.126. The van der Waals surface area contributed by atoms with Crippen molar-refractivity contribution in [2.24, 2.45) is 10.8 Å². The second-order valence-electron chi connectivity index (χ2n) is 8.70. The third-order valence-corrected chi connectivity index (χ3v) is 5.76. The largest absolute Gasteiger partial charge is 0.496 e. The van der Waals surface area contributed by atoms with Crippen molar-refractivity contribution in [1.29, 1.82) is 0 Å². The van der Waals surface area contributed by atoms with Gasteiger partial charge in [-0.3, -0.25) is 4.90 Å². The molecule has 1 heterocycles. The van der Waals surface area contributed by atoms with Gasteiger partial charge in [-0.05, 0) is 43.1 Å². The maximum Gasteiger partial charge on any atom is 0.129 e. The van der Waals surface area contributed by atoms with E-state index in [1.807, 2.05) is 0 Å². The molecule has 2 atom stereocenters. The standard InChI is InChI=1S/C20H31NO2/c1-14-17(22-5)8-7-15(18(14)23-6)11-21-13-20(4)10-16(21)9-19(2,3)12-20/h7-8,16H,9-13H2,1-6H3/t16-,20+/m0/s1. The average molecular weight is 317 g/mol. The fraction of sp³-hybridized carbons (Fsp3) is 0.700. The van der Waals surface area contributed by atoms with E-state index < -0.39 is 0 Å². The van der Waals surface area contributed by atoms with E-state index in [9.17, 15) is 0 Å². The SMILES string of the molecule is COc1ccc(CN2C[C@]3(C)C[C@@H]2CC(C)(C)C3)c(OC)c1C. The Balaban J connectivity index is 1.85. The molecule has 1 aliphatic carbocycles. The van der Waals surface area contributed by atoms with Gasteiger partial charge < -0.3 is 9.47 Å². The van der Waals surface area contributed by atoms with Crippen molar-refractivity contribution in [3.8, 4) is 11.5 Å². The lowest BCUT2D eigenvalue weighted by atomic mass is 9.65. The Morgan fingerprint density at radius 2 is 1.87 bits per heavy atom. The fourth-order valence-corrected chi connectivity index (χ4v) is 5.34. The molecule has 0 radical (unpaired) electrons. The highest BCUT2D eigenvalue weighted by molar-refractivity contribution is 5.49. The highest BCUT2D eigenvalue weighted by Crippen LogP contribution is 2.53. The zero-order valence-electron chi connectivity index (χ0n) is 15.5. The summed E-state index contributed by atoms with van der Waals surface area (Å²) in [6.45, 7) is 11.6. The Labute approximate surface area is 141 Å². The Morgan fingerprint density at radius 1 is 1.13 bits per heavy atom. The molecule has 1 aromatic rings. The molecule has 3 nitrogen and oxygen atoms in total. The van der Waals surface area contributed by atoms with E-state index in [2.05, 4.69) is 44.7 Å². The minimum absolute atomic E-state index is 0.465. The van der Waals surface area contributed by atoms with Crippen molar-refractivity contribution in [3.63, 3.8) is 0 Å². The topological polar surface area (TPSA) is 21.7 Å². The number of benzene rings is 1. The highest BCUT2D eigenvalue weighted by Gasteiger charge is 2.49. The first kappa shape index (κ1) is 16.6. The molecule has 128 valence electrons. The van der Waals surface area contributed by atoms with Crippen LogP contribution in [-0.4, -0.2) is 31.7 Å². The molecule has 2 fully saturated rings. The monoisotopic (exact) mass is 317 g/mol. The number of methoxy groups -OCH3 is 2.